The molecule has 1 saturated heterocycles. The number of hydrogen-bond donors (Lipinski definition) is 1. The first kappa shape index (κ1) is 13.4. The number of nitrogens with zero attached hydrogens (tertiary/aromatic N) is 2. The van der Waals surface area contributed by atoms with E-state index in [4.69, 9.17) is 0 Å². The number of imidazole rings is 1. The summed E-state index contributed by atoms with van der Waals surface area (Å²) in [7, 11) is 0. The Kier molecular flexibility index (Phi) is 3.38. The van der Waals surface area contributed by atoms with E-state index in [0.717, 1.165) is 13.1 Å². The summed E-state index contributed by atoms with van der Waals surface area (Å²) < 4.78 is 2.28. The molecule has 1 N–H and O–H groups in total. The van der Waals surface area contributed by atoms with E-state index in [9.17, 15) is 0 Å². The third-order valence-electron chi connectivity index (χ3n) is 4.58. The molecular formula is C17H23N3. The number of benzene rings is 1. The lowest BCUT2D eigenvalue weighted by atomic mass is 9.78. The molecular weight excluding hydrogens is 246 g/mol. The molecule has 2 aromatic rings. The minimum absolute atomic E-state index is 0.221. The second-order valence-corrected chi connectivity index (χ2v) is 6.25. The average Bonchev–Trinajstić information content (AvgIpc) is 2.89. The zero-order valence-corrected chi connectivity index (χ0v) is 12.6. The lowest BCUT2D eigenvalue weighted by Gasteiger charge is -2.34. The van der Waals surface area contributed by atoms with Gasteiger partial charge in [0.2, 0.25) is 0 Å². The van der Waals surface area contributed by atoms with Crippen LogP contribution in [-0.4, -0.2) is 22.6 Å². The van der Waals surface area contributed by atoms with E-state index in [-0.39, 0.29) is 5.41 Å². The van der Waals surface area contributed by atoms with Crippen LogP contribution in [0, 0.1) is 13.8 Å². The molecule has 0 radical (unpaired) electrons. The van der Waals surface area contributed by atoms with Crippen LogP contribution < -0.4 is 5.32 Å². The molecule has 1 aliphatic rings. The van der Waals surface area contributed by atoms with Crippen LogP contribution in [0.4, 0.5) is 0 Å². The van der Waals surface area contributed by atoms with Crippen molar-refractivity contribution in [3.05, 3.63) is 47.5 Å². The fraction of sp³-hybridized carbons (Fsp3) is 0.471. The molecule has 1 fully saturated rings. The number of nitrogens with one attached hydrogen (secondary N) is 1. The molecule has 0 unspecified atom stereocenters. The Hall–Kier alpha value is -1.61. The van der Waals surface area contributed by atoms with Crippen molar-refractivity contribution in [2.24, 2.45) is 0 Å². The predicted molar refractivity (Wildman–Crippen MR) is 82.5 cm³/mol. The Morgan fingerprint density at radius 1 is 1.20 bits per heavy atom. The summed E-state index contributed by atoms with van der Waals surface area (Å²) in [5, 5.41) is 3.45. The van der Waals surface area contributed by atoms with E-state index < -0.39 is 0 Å². The summed E-state index contributed by atoms with van der Waals surface area (Å²) in [5.74, 6) is 0. The molecule has 0 spiro atoms. The number of hydrogen-bond acceptors (Lipinski definition) is 2. The highest BCUT2D eigenvalue weighted by Gasteiger charge is 2.32. The topological polar surface area (TPSA) is 29.9 Å². The number of rotatable bonds is 2. The third-order valence-corrected chi connectivity index (χ3v) is 4.58. The minimum atomic E-state index is 0.221. The SMILES string of the molecule is Cc1ccc(-n2cncc2C2(C)CCNCC2)c(C)c1. The standard InChI is InChI=1S/C17H23N3/c1-13-4-5-15(14(2)10-13)20-12-19-11-16(20)17(3)6-8-18-9-7-17/h4-5,10-12,18H,6-9H2,1-3H3. The molecule has 2 heterocycles. The largest absolute Gasteiger partial charge is 0.317 e. The molecule has 1 aliphatic heterocycles. The molecule has 3 nitrogen and oxygen atoms in total. The Bertz CT molecular complexity index is 606. The van der Waals surface area contributed by atoms with Crippen molar-refractivity contribution in [2.45, 2.75) is 39.0 Å². The summed E-state index contributed by atoms with van der Waals surface area (Å²) in [5.41, 5.74) is 5.43. The summed E-state index contributed by atoms with van der Waals surface area (Å²) >= 11 is 0. The first-order valence-electron chi connectivity index (χ1n) is 7.41. The van der Waals surface area contributed by atoms with Gasteiger partial charge in [-0.25, -0.2) is 4.98 Å². The van der Waals surface area contributed by atoms with Gasteiger partial charge in [-0.05, 0) is 51.4 Å². The molecule has 1 aromatic carbocycles. The molecule has 3 rings (SSSR count). The molecule has 0 bridgehead atoms. The molecule has 0 aliphatic carbocycles. The maximum Gasteiger partial charge on any atom is 0.0994 e. The van der Waals surface area contributed by atoms with Gasteiger partial charge >= 0.3 is 0 Å². The van der Waals surface area contributed by atoms with Crippen molar-refractivity contribution in [1.29, 1.82) is 0 Å². The van der Waals surface area contributed by atoms with Crippen molar-refractivity contribution in [3.8, 4) is 5.69 Å². The normalized spacial score (nSPS) is 18.1. The zero-order valence-electron chi connectivity index (χ0n) is 12.6. The quantitative estimate of drug-likeness (QED) is 0.907. The molecule has 20 heavy (non-hydrogen) atoms. The highest BCUT2D eigenvalue weighted by atomic mass is 15.1. The van der Waals surface area contributed by atoms with E-state index in [2.05, 4.69) is 53.8 Å². The predicted octanol–water partition coefficient (Wildman–Crippen LogP) is 3.13. The van der Waals surface area contributed by atoms with Crippen LogP contribution in [0.3, 0.4) is 0 Å². The van der Waals surface area contributed by atoms with Gasteiger partial charge in [0.25, 0.3) is 0 Å². The molecule has 106 valence electrons. The van der Waals surface area contributed by atoms with Crippen molar-refractivity contribution < 1.29 is 0 Å². The van der Waals surface area contributed by atoms with Crippen LogP contribution in [0.15, 0.2) is 30.7 Å². The van der Waals surface area contributed by atoms with Crippen LogP contribution in [0.25, 0.3) is 5.69 Å². The van der Waals surface area contributed by atoms with Crippen molar-refractivity contribution in [2.75, 3.05) is 13.1 Å². The first-order chi connectivity index (χ1) is 9.60. The van der Waals surface area contributed by atoms with Crippen molar-refractivity contribution >= 4 is 0 Å². The van der Waals surface area contributed by atoms with Crippen molar-refractivity contribution in [3.63, 3.8) is 0 Å². The Morgan fingerprint density at radius 2 is 1.95 bits per heavy atom. The molecule has 0 saturated carbocycles. The van der Waals surface area contributed by atoms with Gasteiger partial charge in [0.1, 0.15) is 0 Å². The van der Waals surface area contributed by atoms with E-state index >= 15 is 0 Å². The van der Waals surface area contributed by atoms with Crippen LogP contribution >= 0.6 is 0 Å². The van der Waals surface area contributed by atoms with Gasteiger partial charge in [-0.1, -0.05) is 24.6 Å². The average molecular weight is 269 g/mol. The van der Waals surface area contributed by atoms with E-state index in [1.54, 1.807) is 0 Å². The number of aromatic nitrogens is 2. The fourth-order valence-corrected chi connectivity index (χ4v) is 3.24. The second kappa shape index (κ2) is 5.06. The van der Waals surface area contributed by atoms with Gasteiger partial charge in [0.05, 0.1) is 6.33 Å². The molecule has 0 amide bonds. The van der Waals surface area contributed by atoms with Crippen LogP contribution in [0.5, 0.6) is 0 Å². The van der Waals surface area contributed by atoms with Crippen molar-refractivity contribution in [1.82, 2.24) is 14.9 Å². The van der Waals surface area contributed by atoms with Crippen LogP contribution in [0.1, 0.15) is 36.6 Å². The lowest BCUT2D eigenvalue weighted by Crippen LogP contribution is -2.38. The van der Waals surface area contributed by atoms with Crippen LogP contribution in [0.2, 0.25) is 0 Å². The van der Waals surface area contributed by atoms with E-state index in [0.29, 0.717) is 0 Å². The molecule has 3 heteroatoms. The Labute approximate surface area is 121 Å². The van der Waals surface area contributed by atoms with Gasteiger partial charge in [-0.2, -0.15) is 0 Å². The summed E-state index contributed by atoms with van der Waals surface area (Å²) in [4.78, 5) is 4.43. The highest BCUT2D eigenvalue weighted by Crippen LogP contribution is 2.34. The van der Waals surface area contributed by atoms with Gasteiger partial charge in [0.15, 0.2) is 0 Å². The maximum absolute atomic E-state index is 4.43. The lowest BCUT2D eigenvalue weighted by molar-refractivity contribution is 0.324. The zero-order chi connectivity index (χ0) is 14.2. The second-order valence-electron chi connectivity index (χ2n) is 6.25. The minimum Gasteiger partial charge on any atom is -0.317 e. The molecule has 1 aromatic heterocycles. The van der Waals surface area contributed by atoms with Gasteiger partial charge < -0.3 is 9.88 Å². The van der Waals surface area contributed by atoms with Crippen LogP contribution in [-0.2, 0) is 5.41 Å². The number of aryl methyl sites for hydroxylation is 2. The first-order valence-corrected chi connectivity index (χ1v) is 7.41. The molecule has 0 atom stereocenters. The Morgan fingerprint density at radius 3 is 2.65 bits per heavy atom. The Balaban J connectivity index is 2.05. The number of piperidine rings is 1. The smallest absolute Gasteiger partial charge is 0.0994 e. The summed E-state index contributed by atoms with van der Waals surface area (Å²) in [6, 6.07) is 6.63. The summed E-state index contributed by atoms with van der Waals surface area (Å²) in [6.45, 7) is 8.87. The fourth-order valence-electron chi connectivity index (χ4n) is 3.24. The van der Waals surface area contributed by atoms with Gasteiger partial charge in [-0.3, -0.25) is 0 Å². The van der Waals surface area contributed by atoms with E-state index in [1.807, 2.05) is 12.5 Å². The maximum atomic E-state index is 4.43. The van der Waals surface area contributed by atoms with E-state index in [1.165, 1.54) is 35.3 Å². The van der Waals surface area contributed by atoms with Gasteiger partial charge in [-0.15, -0.1) is 0 Å². The third kappa shape index (κ3) is 2.27. The monoisotopic (exact) mass is 269 g/mol. The summed E-state index contributed by atoms with van der Waals surface area (Å²) in [6.07, 6.45) is 6.35. The van der Waals surface area contributed by atoms with Gasteiger partial charge in [0, 0.05) is 23.0 Å². The highest BCUT2D eigenvalue weighted by molar-refractivity contribution is 5.44.